The second kappa shape index (κ2) is 10.7. The van der Waals surface area contributed by atoms with Gasteiger partial charge in [-0.2, -0.15) is 18.4 Å². The maximum atomic E-state index is 15.3. The third kappa shape index (κ3) is 6.00. The molecule has 1 amide bonds. The topological polar surface area (TPSA) is 130 Å². The third-order valence-electron chi connectivity index (χ3n) is 5.22. The van der Waals surface area contributed by atoms with E-state index in [0.29, 0.717) is 0 Å². The summed E-state index contributed by atoms with van der Waals surface area (Å²) >= 11 is 12.0. The van der Waals surface area contributed by atoms with Crippen LogP contribution in [-0.2, 0) is 11.3 Å². The first-order chi connectivity index (χ1) is 18.4. The molecule has 0 fully saturated rings. The number of benzene rings is 3. The quantitative estimate of drug-likeness (QED) is 0.140. The molecular weight excluding hydrogens is 567 g/mol. The molecule has 1 heterocycles. The monoisotopic (exact) mass is 580 g/mol. The zero-order chi connectivity index (χ0) is 28.5. The lowest BCUT2D eigenvalue weighted by Crippen LogP contribution is -2.29. The maximum absolute atomic E-state index is 15.3. The molecule has 39 heavy (non-hydrogen) atoms. The van der Waals surface area contributed by atoms with Crippen molar-refractivity contribution >= 4 is 51.7 Å². The summed E-state index contributed by atoms with van der Waals surface area (Å²) in [6.07, 6.45) is -5.33. The Morgan fingerprint density at radius 1 is 1.08 bits per heavy atom. The minimum Gasteiger partial charge on any atom is -0.453 e. The van der Waals surface area contributed by atoms with Gasteiger partial charge in [-0.25, -0.2) is 9.18 Å². The Bertz CT molecular complexity index is 1660. The van der Waals surface area contributed by atoms with Crippen LogP contribution in [-0.4, -0.2) is 23.0 Å². The molecule has 0 aliphatic carbocycles. The van der Waals surface area contributed by atoms with Crippen LogP contribution in [0.5, 0.6) is 17.2 Å². The van der Waals surface area contributed by atoms with Crippen LogP contribution in [0.15, 0.2) is 48.5 Å². The van der Waals surface area contributed by atoms with E-state index in [9.17, 15) is 22.8 Å². The predicted octanol–water partition coefficient (Wildman–Crippen LogP) is 6.26. The zero-order valence-electron chi connectivity index (χ0n) is 19.3. The zero-order valence-corrected chi connectivity index (χ0v) is 20.8. The number of hydrogen-bond acceptors (Lipinski definition) is 6. The molecule has 200 valence electrons. The van der Waals surface area contributed by atoms with Crippen LogP contribution in [0, 0.1) is 17.1 Å². The van der Waals surface area contributed by atoms with Gasteiger partial charge in [0.2, 0.25) is 0 Å². The highest BCUT2D eigenvalue weighted by Gasteiger charge is 2.42. The number of rotatable bonds is 6. The lowest BCUT2D eigenvalue weighted by atomic mass is 10.2. The number of aromatic nitrogens is 1. The minimum absolute atomic E-state index is 0.0152. The number of nitriles is 1. The van der Waals surface area contributed by atoms with Crippen LogP contribution in [0.2, 0.25) is 10.0 Å². The number of carbonyl (C=O) groups excluding carboxylic acids is 2. The normalized spacial score (nSPS) is 11.2. The van der Waals surface area contributed by atoms with Crippen molar-refractivity contribution in [3.05, 3.63) is 81.2 Å². The van der Waals surface area contributed by atoms with Crippen molar-refractivity contribution in [3.63, 3.8) is 0 Å². The number of halogens is 6. The van der Waals surface area contributed by atoms with Crippen LogP contribution >= 0.6 is 23.2 Å². The number of nitrogens with two attached hydrogens (primary N) is 1. The molecule has 0 radical (unpaired) electrons. The molecule has 0 saturated carbocycles. The van der Waals surface area contributed by atoms with Crippen molar-refractivity contribution < 1.29 is 36.6 Å². The van der Waals surface area contributed by atoms with Gasteiger partial charge in [0.25, 0.3) is 5.91 Å². The Morgan fingerprint density at radius 2 is 1.82 bits per heavy atom. The number of ether oxygens (including phenoxy) is 2. The van der Waals surface area contributed by atoms with E-state index in [1.54, 1.807) is 0 Å². The second-order valence-corrected chi connectivity index (χ2v) is 8.79. The van der Waals surface area contributed by atoms with Gasteiger partial charge in [0.05, 0.1) is 22.2 Å². The van der Waals surface area contributed by atoms with Crippen LogP contribution in [0.25, 0.3) is 10.9 Å². The summed E-state index contributed by atoms with van der Waals surface area (Å²) in [5.74, 6) is -5.60. The summed E-state index contributed by atoms with van der Waals surface area (Å²) in [5.41, 5.74) is 5.55. The Labute approximate surface area is 226 Å². The molecule has 4 N–H and O–H groups in total. The summed E-state index contributed by atoms with van der Waals surface area (Å²) in [6, 6.07) is 12.4. The minimum atomic E-state index is -5.33. The third-order valence-corrected chi connectivity index (χ3v) is 5.73. The van der Waals surface area contributed by atoms with Crippen molar-refractivity contribution in [3.8, 4) is 23.3 Å². The first-order valence-electron chi connectivity index (χ1n) is 10.7. The van der Waals surface area contributed by atoms with Crippen molar-refractivity contribution in [1.82, 2.24) is 10.3 Å². The molecule has 0 unspecified atom stereocenters. The van der Waals surface area contributed by atoms with E-state index in [1.165, 1.54) is 48.5 Å². The first kappa shape index (κ1) is 27.6. The fourth-order valence-corrected chi connectivity index (χ4v) is 3.89. The maximum Gasteiger partial charge on any atom is 0.491 e. The molecule has 3 aromatic carbocycles. The number of carbonyl (C=O) groups is 2. The number of nitrogen functional groups attached to an aromatic ring is 1. The molecule has 0 aliphatic rings. The number of hydrogen-bond donors (Lipinski definition) is 3. The molecule has 0 spiro atoms. The number of aromatic amines is 1. The first-order valence-corrected chi connectivity index (χ1v) is 11.5. The van der Waals surface area contributed by atoms with E-state index < -0.39 is 47.6 Å². The van der Waals surface area contributed by atoms with E-state index in [1.807, 2.05) is 6.07 Å². The SMILES string of the molecule is N#Cc1cc(Cl)cc(Oc2c(Cl)ccc(CNC(=O)c3[nH]c4cc(N)ccc4c3OC(=O)C(F)(F)F)c2F)c1. The van der Waals surface area contributed by atoms with Gasteiger partial charge in [0, 0.05) is 28.2 Å². The van der Waals surface area contributed by atoms with Crippen LogP contribution in [0.4, 0.5) is 23.2 Å². The van der Waals surface area contributed by atoms with Gasteiger partial charge in [-0.1, -0.05) is 29.3 Å². The van der Waals surface area contributed by atoms with Gasteiger partial charge in [0.1, 0.15) is 11.4 Å². The van der Waals surface area contributed by atoms with Crippen LogP contribution in [0.1, 0.15) is 21.6 Å². The molecule has 0 saturated heterocycles. The lowest BCUT2D eigenvalue weighted by Gasteiger charge is -2.13. The number of H-pyrrole nitrogens is 1. The molecule has 1 aromatic heterocycles. The molecule has 4 rings (SSSR count). The lowest BCUT2D eigenvalue weighted by molar-refractivity contribution is -0.189. The van der Waals surface area contributed by atoms with Crippen molar-refractivity contribution in [2.24, 2.45) is 0 Å². The molecule has 0 bridgehead atoms. The Kier molecular flexibility index (Phi) is 7.58. The second-order valence-electron chi connectivity index (χ2n) is 7.94. The van der Waals surface area contributed by atoms with E-state index in [0.717, 1.165) is 0 Å². The van der Waals surface area contributed by atoms with Gasteiger partial charge in [-0.15, -0.1) is 0 Å². The predicted molar refractivity (Wildman–Crippen MR) is 133 cm³/mol. The van der Waals surface area contributed by atoms with E-state index in [4.69, 9.17) is 38.9 Å². The Balaban J connectivity index is 1.61. The number of amides is 1. The largest absolute Gasteiger partial charge is 0.491 e. The molecule has 0 aliphatic heterocycles. The van der Waals surface area contributed by atoms with Crippen molar-refractivity contribution in [1.29, 1.82) is 5.26 Å². The van der Waals surface area contributed by atoms with Crippen LogP contribution < -0.4 is 20.5 Å². The van der Waals surface area contributed by atoms with Crippen molar-refractivity contribution in [2.75, 3.05) is 5.73 Å². The molecular formula is C25H14Cl2F4N4O4. The van der Waals surface area contributed by atoms with Gasteiger partial charge in [0.15, 0.2) is 17.3 Å². The standard InChI is InChI=1S/C25H14Cl2F4N4O4/c26-13-5-11(9-32)6-15(7-13)38-22-17(27)4-1-12(19(22)28)10-34-23(36)20-21(39-24(37)25(29,30)31)16-3-2-14(33)8-18(16)35-20/h1-8,35H,10,33H2,(H,34,36). The fourth-order valence-electron chi connectivity index (χ4n) is 3.48. The Hall–Kier alpha value is -4.47. The summed E-state index contributed by atoms with van der Waals surface area (Å²) in [4.78, 5) is 27.0. The Morgan fingerprint density at radius 3 is 2.51 bits per heavy atom. The van der Waals surface area contributed by atoms with Crippen LogP contribution in [0.3, 0.4) is 0 Å². The van der Waals surface area contributed by atoms with Gasteiger partial charge < -0.3 is 25.5 Å². The number of alkyl halides is 3. The van der Waals surface area contributed by atoms with E-state index in [2.05, 4.69) is 15.0 Å². The average molecular weight is 581 g/mol. The smallest absolute Gasteiger partial charge is 0.453 e. The summed E-state index contributed by atoms with van der Waals surface area (Å²) in [7, 11) is 0. The van der Waals surface area contributed by atoms with Gasteiger partial charge >= 0.3 is 12.1 Å². The highest BCUT2D eigenvalue weighted by Crippen LogP contribution is 2.36. The van der Waals surface area contributed by atoms with E-state index in [-0.39, 0.29) is 43.5 Å². The average Bonchev–Trinajstić information content (AvgIpc) is 3.22. The number of nitrogens with one attached hydrogen (secondary N) is 2. The number of nitrogens with zero attached hydrogens (tertiary/aromatic N) is 1. The molecule has 14 heteroatoms. The molecule has 8 nitrogen and oxygen atoms in total. The van der Waals surface area contributed by atoms with E-state index >= 15 is 4.39 Å². The molecule has 0 atom stereocenters. The summed E-state index contributed by atoms with van der Waals surface area (Å²) in [6.45, 7) is -0.471. The van der Waals surface area contributed by atoms with Crippen molar-refractivity contribution in [2.45, 2.75) is 12.7 Å². The summed E-state index contributed by atoms with van der Waals surface area (Å²) < 4.78 is 63.8. The highest BCUT2D eigenvalue weighted by atomic mass is 35.5. The summed E-state index contributed by atoms with van der Waals surface area (Å²) in [5, 5.41) is 11.5. The fraction of sp³-hybridized carbons (Fsp3) is 0.0800. The number of anilines is 1. The van der Waals surface area contributed by atoms with Gasteiger partial charge in [-0.05, 0) is 42.5 Å². The number of fused-ring (bicyclic) bond motifs is 1. The number of esters is 1. The van der Waals surface area contributed by atoms with Gasteiger partial charge in [-0.3, -0.25) is 4.79 Å². The molecule has 4 aromatic rings. The highest BCUT2D eigenvalue weighted by molar-refractivity contribution is 6.32.